The summed E-state index contributed by atoms with van der Waals surface area (Å²) in [7, 11) is 0. The Hall–Kier alpha value is -2.13. The SMILES string of the molecule is Cc1ccc([C@@H](NC(=O)C2(N)CC2)c2ccccc2)cc1. The van der Waals surface area contributed by atoms with E-state index in [0.717, 1.165) is 24.0 Å². The molecule has 2 aromatic rings. The summed E-state index contributed by atoms with van der Waals surface area (Å²) >= 11 is 0. The van der Waals surface area contributed by atoms with Gasteiger partial charge in [0.05, 0.1) is 11.6 Å². The lowest BCUT2D eigenvalue weighted by atomic mass is 9.97. The first-order chi connectivity index (χ1) is 10.1. The third kappa shape index (κ3) is 2.98. The van der Waals surface area contributed by atoms with Crippen LogP contribution in [0.2, 0.25) is 0 Å². The van der Waals surface area contributed by atoms with E-state index in [-0.39, 0.29) is 11.9 Å². The van der Waals surface area contributed by atoms with E-state index in [0.29, 0.717) is 0 Å². The molecule has 0 unspecified atom stereocenters. The number of hydrogen-bond acceptors (Lipinski definition) is 2. The zero-order chi connectivity index (χ0) is 14.9. The number of carbonyl (C=O) groups is 1. The van der Waals surface area contributed by atoms with E-state index in [9.17, 15) is 4.79 Å². The number of nitrogens with one attached hydrogen (secondary N) is 1. The number of amides is 1. The fourth-order valence-electron chi connectivity index (χ4n) is 2.40. The molecule has 0 radical (unpaired) electrons. The van der Waals surface area contributed by atoms with Gasteiger partial charge in [-0.3, -0.25) is 4.79 Å². The second-order valence-corrected chi connectivity index (χ2v) is 5.88. The van der Waals surface area contributed by atoms with Crippen molar-refractivity contribution in [2.45, 2.75) is 31.3 Å². The maximum absolute atomic E-state index is 12.3. The summed E-state index contributed by atoms with van der Waals surface area (Å²) in [6.07, 6.45) is 1.54. The molecule has 0 saturated heterocycles. The van der Waals surface area contributed by atoms with E-state index in [1.807, 2.05) is 30.3 Å². The van der Waals surface area contributed by atoms with Crippen LogP contribution in [0.25, 0.3) is 0 Å². The topological polar surface area (TPSA) is 55.1 Å². The summed E-state index contributed by atoms with van der Waals surface area (Å²) in [6, 6.07) is 18.1. The number of benzene rings is 2. The van der Waals surface area contributed by atoms with Crippen LogP contribution in [-0.4, -0.2) is 11.4 Å². The molecule has 21 heavy (non-hydrogen) atoms. The van der Waals surface area contributed by atoms with Crippen molar-refractivity contribution >= 4 is 5.91 Å². The lowest BCUT2D eigenvalue weighted by Gasteiger charge is -2.22. The Balaban J connectivity index is 1.91. The number of hydrogen-bond donors (Lipinski definition) is 2. The predicted molar refractivity (Wildman–Crippen MR) is 83.8 cm³/mol. The molecule has 3 heteroatoms. The van der Waals surface area contributed by atoms with Crippen molar-refractivity contribution in [1.82, 2.24) is 5.32 Å². The number of carbonyl (C=O) groups excluding carboxylic acids is 1. The molecule has 0 bridgehead atoms. The van der Waals surface area contributed by atoms with Crippen LogP contribution in [0.15, 0.2) is 54.6 Å². The fraction of sp³-hybridized carbons (Fsp3) is 0.278. The molecule has 2 aromatic carbocycles. The van der Waals surface area contributed by atoms with Crippen LogP contribution in [0, 0.1) is 6.92 Å². The molecule has 1 atom stereocenters. The molecule has 1 amide bonds. The molecule has 0 aliphatic heterocycles. The van der Waals surface area contributed by atoms with E-state index >= 15 is 0 Å². The minimum absolute atomic E-state index is 0.0584. The van der Waals surface area contributed by atoms with Crippen molar-refractivity contribution in [1.29, 1.82) is 0 Å². The van der Waals surface area contributed by atoms with E-state index < -0.39 is 5.54 Å². The van der Waals surface area contributed by atoms with Crippen LogP contribution in [-0.2, 0) is 4.79 Å². The highest BCUT2D eigenvalue weighted by molar-refractivity contribution is 5.89. The Morgan fingerprint density at radius 2 is 1.62 bits per heavy atom. The average molecular weight is 280 g/mol. The molecule has 3 rings (SSSR count). The molecule has 1 saturated carbocycles. The third-order valence-corrected chi connectivity index (χ3v) is 4.06. The second-order valence-electron chi connectivity index (χ2n) is 5.88. The summed E-state index contributed by atoms with van der Waals surface area (Å²) in [5, 5.41) is 3.11. The first kappa shape index (κ1) is 13.8. The molecule has 3 N–H and O–H groups in total. The van der Waals surface area contributed by atoms with Gasteiger partial charge in [-0.1, -0.05) is 60.2 Å². The van der Waals surface area contributed by atoms with Gasteiger partial charge in [-0.25, -0.2) is 0 Å². The van der Waals surface area contributed by atoms with Gasteiger partial charge in [0, 0.05) is 0 Å². The van der Waals surface area contributed by atoms with Gasteiger partial charge < -0.3 is 11.1 Å². The maximum Gasteiger partial charge on any atom is 0.240 e. The number of rotatable bonds is 4. The Bertz CT molecular complexity index is 630. The van der Waals surface area contributed by atoms with Crippen molar-refractivity contribution in [3.05, 3.63) is 71.3 Å². The van der Waals surface area contributed by atoms with Crippen LogP contribution >= 0.6 is 0 Å². The molecule has 1 fully saturated rings. The van der Waals surface area contributed by atoms with E-state index in [2.05, 4.69) is 36.5 Å². The number of nitrogens with two attached hydrogens (primary N) is 1. The molecule has 1 aliphatic carbocycles. The molecule has 3 nitrogen and oxygen atoms in total. The molecular weight excluding hydrogens is 260 g/mol. The van der Waals surface area contributed by atoms with Crippen LogP contribution in [0.1, 0.15) is 35.6 Å². The van der Waals surface area contributed by atoms with Gasteiger partial charge in [-0.05, 0) is 30.9 Å². The summed E-state index contributed by atoms with van der Waals surface area (Å²) in [4.78, 5) is 12.3. The first-order valence-electron chi connectivity index (χ1n) is 7.30. The van der Waals surface area contributed by atoms with Gasteiger partial charge in [-0.15, -0.1) is 0 Å². The molecule has 108 valence electrons. The molecule has 0 aromatic heterocycles. The Morgan fingerprint density at radius 1 is 1.05 bits per heavy atom. The third-order valence-electron chi connectivity index (χ3n) is 4.06. The van der Waals surface area contributed by atoms with Crippen LogP contribution < -0.4 is 11.1 Å². The van der Waals surface area contributed by atoms with E-state index in [1.165, 1.54) is 5.56 Å². The minimum Gasteiger partial charge on any atom is -0.344 e. The van der Waals surface area contributed by atoms with Gasteiger partial charge in [-0.2, -0.15) is 0 Å². The lowest BCUT2D eigenvalue weighted by molar-refractivity contribution is -0.123. The van der Waals surface area contributed by atoms with Crippen molar-refractivity contribution in [3.8, 4) is 0 Å². The summed E-state index contributed by atoms with van der Waals surface area (Å²) in [5.74, 6) is -0.0584. The van der Waals surface area contributed by atoms with Gasteiger partial charge in [0.2, 0.25) is 5.91 Å². The van der Waals surface area contributed by atoms with Gasteiger partial charge in [0.15, 0.2) is 0 Å². The quantitative estimate of drug-likeness (QED) is 0.904. The van der Waals surface area contributed by atoms with E-state index in [1.54, 1.807) is 0 Å². The zero-order valence-corrected chi connectivity index (χ0v) is 12.2. The van der Waals surface area contributed by atoms with Gasteiger partial charge in [0.25, 0.3) is 0 Å². The van der Waals surface area contributed by atoms with E-state index in [4.69, 9.17) is 5.73 Å². The normalized spacial score (nSPS) is 17.0. The minimum atomic E-state index is -0.655. The summed E-state index contributed by atoms with van der Waals surface area (Å²) in [6.45, 7) is 2.05. The smallest absolute Gasteiger partial charge is 0.240 e. The Kier molecular flexibility index (Phi) is 3.52. The standard InChI is InChI=1S/C18H20N2O/c1-13-7-9-15(10-8-13)16(14-5-3-2-4-6-14)20-17(21)18(19)11-12-18/h2-10,16H,11-12,19H2,1H3,(H,20,21)/t16-/m0/s1. The van der Waals surface area contributed by atoms with Crippen molar-refractivity contribution < 1.29 is 4.79 Å². The van der Waals surface area contributed by atoms with Crippen LogP contribution in [0.4, 0.5) is 0 Å². The largest absolute Gasteiger partial charge is 0.344 e. The average Bonchev–Trinajstić information content (AvgIpc) is 3.26. The highest BCUT2D eigenvalue weighted by Gasteiger charge is 2.46. The molecule has 1 aliphatic rings. The zero-order valence-electron chi connectivity index (χ0n) is 12.2. The Morgan fingerprint density at radius 3 is 2.19 bits per heavy atom. The molecular formula is C18H20N2O. The van der Waals surface area contributed by atoms with Gasteiger partial charge in [0.1, 0.15) is 0 Å². The predicted octanol–water partition coefficient (Wildman–Crippen LogP) is 2.69. The van der Waals surface area contributed by atoms with Crippen molar-refractivity contribution in [3.63, 3.8) is 0 Å². The van der Waals surface area contributed by atoms with Crippen molar-refractivity contribution in [2.24, 2.45) is 5.73 Å². The van der Waals surface area contributed by atoms with Crippen LogP contribution in [0.3, 0.4) is 0 Å². The van der Waals surface area contributed by atoms with Crippen molar-refractivity contribution in [2.75, 3.05) is 0 Å². The monoisotopic (exact) mass is 280 g/mol. The molecule has 0 spiro atoms. The second kappa shape index (κ2) is 5.34. The number of aryl methyl sites for hydroxylation is 1. The molecule has 0 heterocycles. The van der Waals surface area contributed by atoms with Crippen LogP contribution in [0.5, 0.6) is 0 Å². The first-order valence-corrected chi connectivity index (χ1v) is 7.30. The summed E-state index contributed by atoms with van der Waals surface area (Å²) in [5.41, 5.74) is 8.70. The Labute approximate surface area is 125 Å². The van der Waals surface area contributed by atoms with Gasteiger partial charge >= 0.3 is 0 Å². The fourth-order valence-corrected chi connectivity index (χ4v) is 2.40. The lowest BCUT2D eigenvalue weighted by Crippen LogP contribution is -2.44. The highest BCUT2D eigenvalue weighted by Crippen LogP contribution is 2.33. The maximum atomic E-state index is 12.3. The summed E-state index contributed by atoms with van der Waals surface area (Å²) < 4.78 is 0. The highest BCUT2D eigenvalue weighted by atomic mass is 16.2.